The largest absolute Gasteiger partial charge is 0.465 e. The fraction of sp³-hybridized carbons (Fsp3) is 0.192. The Bertz CT molecular complexity index is 1220. The topological polar surface area (TPSA) is 52.1 Å². The van der Waals surface area contributed by atoms with Gasteiger partial charge in [0.05, 0.1) is 18.2 Å². The average molecular weight is 429 g/mol. The fourth-order valence-electron chi connectivity index (χ4n) is 3.39. The van der Waals surface area contributed by atoms with Crippen LogP contribution in [0, 0.1) is 0 Å². The maximum atomic E-state index is 12.1. The number of methoxy groups -OCH3 is 1. The lowest BCUT2D eigenvalue weighted by Gasteiger charge is -2.11. The van der Waals surface area contributed by atoms with E-state index in [9.17, 15) is 4.79 Å². The third kappa shape index (κ3) is 4.62. The highest BCUT2D eigenvalue weighted by Gasteiger charge is 2.13. The van der Waals surface area contributed by atoms with E-state index in [4.69, 9.17) is 14.7 Å². The number of hydrogen-bond donors (Lipinski definition) is 0. The molecule has 31 heavy (non-hydrogen) atoms. The molecule has 4 aromatic rings. The highest BCUT2D eigenvalue weighted by atomic mass is 32.2. The van der Waals surface area contributed by atoms with Gasteiger partial charge < -0.3 is 4.74 Å². The van der Waals surface area contributed by atoms with Crippen molar-refractivity contribution in [3.05, 3.63) is 89.7 Å². The Kier molecular flexibility index (Phi) is 6.33. The number of fused-ring (bicyclic) bond motifs is 1. The van der Waals surface area contributed by atoms with Crippen LogP contribution in [0.3, 0.4) is 0 Å². The molecule has 0 spiro atoms. The summed E-state index contributed by atoms with van der Waals surface area (Å²) in [7, 11) is 1.40. The fourth-order valence-corrected chi connectivity index (χ4v) is 4.37. The molecule has 0 amide bonds. The third-order valence-corrected chi connectivity index (χ3v) is 6.14. The van der Waals surface area contributed by atoms with Crippen molar-refractivity contribution in [2.45, 2.75) is 30.5 Å². The minimum atomic E-state index is -0.327. The Morgan fingerprint density at radius 3 is 2.39 bits per heavy atom. The number of benzene rings is 3. The highest BCUT2D eigenvalue weighted by Crippen LogP contribution is 2.31. The predicted molar refractivity (Wildman–Crippen MR) is 126 cm³/mol. The third-order valence-electron chi connectivity index (χ3n) is 5.07. The Labute approximate surface area is 186 Å². The van der Waals surface area contributed by atoms with E-state index in [1.807, 2.05) is 36.4 Å². The van der Waals surface area contributed by atoms with E-state index >= 15 is 0 Å². The van der Waals surface area contributed by atoms with E-state index in [2.05, 4.69) is 44.2 Å². The van der Waals surface area contributed by atoms with Crippen LogP contribution >= 0.6 is 11.8 Å². The molecule has 0 fully saturated rings. The first kappa shape index (κ1) is 21.1. The van der Waals surface area contributed by atoms with Crippen LogP contribution in [0.5, 0.6) is 0 Å². The number of thioether (sulfide) groups is 1. The molecule has 0 radical (unpaired) electrons. The molecular weight excluding hydrogens is 404 g/mol. The molecule has 4 rings (SSSR count). The second-order valence-electron chi connectivity index (χ2n) is 7.58. The van der Waals surface area contributed by atoms with E-state index in [1.54, 1.807) is 17.8 Å². The van der Waals surface area contributed by atoms with Gasteiger partial charge in [0.15, 0.2) is 0 Å². The van der Waals surface area contributed by atoms with Crippen molar-refractivity contribution in [3.8, 4) is 11.1 Å². The lowest BCUT2D eigenvalue weighted by molar-refractivity contribution is 0.0601. The van der Waals surface area contributed by atoms with Crippen LogP contribution in [0.4, 0.5) is 0 Å². The lowest BCUT2D eigenvalue weighted by atomic mass is 9.99. The summed E-state index contributed by atoms with van der Waals surface area (Å²) in [6, 6.07) is 24.0. The van der Waals surface area contributed by atoms with Crippen molar-refractivity contribution < 1.29 is 9.53 Å². The number of nitrogens with zero attached hydrogens (tertiary/aromatic N) is 2. The summed E-state index contributed by atoms with van der Waals surface area (Å²) in [4.78, 5) is 21.6. The number of aromatic nitrogens is 2. The van der Waals surface area contributed by atoms with Gasteiger partial charge in [-0.3, -0.25) is 0 Å². The van der Waals surface area contributed by atoms with Crippen LogP contribution in [0.15, 0.2) is 77.8 Å². The SMILES string of the molecule is COC(=O)c1ccccc1-c1ccc(CSc2nc(C(C)C)nc3ccccc23)cc1. The molecule has 0 aliphatic heterocycles. The molecule has 0 bridgehead atoms. The van der Waals surface area contributed by atoms with Crippen molar-refractivity contribution in [2.75, 3.05) is 7.11 Å². The standard InChI is InChI=1S/C26H24N2O2S/c1-17(2)24-27-23-11-7-6-10-22(23)25(28-24)31-16-18-12-14-19(15-13-18)20-8-4-5-9-21(20)26(29)30-3/h4-15,17H,16H2,1-3H3. The van der Waals surface area contributed by atoms with Crippen molar-refractivity contribution in [1.82, 2.24) is 9.97 Å². The Hall–Kier alpha value is -3.18. The van der Waals surface area contributed by atoms with Crippen LogP contribution in [0.2, 0.25) is 0 Å². The van der Waals surface area contributed by atoms with Gasteiger partial charge in [0.1, 0.15) is 10.9 Å². The molecule has 5 heteroatoms. The van der Waals surface area contributed by atoms with E-state index in [1.165, 1.54) is 12.7 Å². The van der Waals surface area contributed by atoms with Crippen LogP contribution < -0.4 is 0 Å². The summed E-state index contributed by atoms with van der Waals surface area (Å²) in [5, 5.41) is 2.09. The minimum Gasteiger partial charge on any atom is -0.465 e. The zero-order valence-corrected chi connectivity index (χ0v) is 18.6. The van der Waals surface area contributed by atoms with E-state index in [0.29, 0.717) is 5.56 Å². The normalized spacial score (nSPS) is 11.1. The second kappa shape index (κ2) is 9.31. The molecule has 0 aliphatic rings. The van der Waals surface area contributed by atoms with E-state index in [-0.39, 0.29) is 11.9 Å². The summed E-state index contributed by atoms with van der Waals surface area (Å²) in [5.41, 5.74) is 4.61. The molecule has 3 aromatic carbocycles. The number of rotatable bonds is 6. The molecule has 0 saturated carbocycles. The quantitative estimate of drug-likeness (QED) is 0.199. The zero-order valence-electron chi connectivity index (χ0n) is 17.8. The summed E-state index contributed by atoms with van der Waals surface area (Å²) in [6.45, 7) is 4.23. The van der Waals surface area contributed by atoms with E-state index < -0.39 is 0 Å². The highest BCUT2D eigenvalue weighted by molar-refractivity contribution is 7.98. The van der Waals surface area contributed by atoms with Gasteiger partial charge in [0.25, 0.3) is 0 Å². The molecule has 0 unspecified atom stereocenters. The number of esters is 1. The summed E-state index contributed by atoms with van der Waals surface area (Å²) >= 11 is 1.72. The van der Waals surface area contributed by atoms with Crippen molar-refractivity contribution >= 4 is 28.6 Å². The maximum absolute atomic E-state index is 12.1. The van der Waals surface area contributed by atoms with E-state index in [0.717, 1.165) is 38.6 Å². The Balaban J connectivity index is 1.57. The van der Waals surface area contributed by atoms with Gasteiger partial charge >= 0.3 is 5.97 Å². The van der Waals surface area contributed by atoms with Crippen molar-refractivity contribution in [1.29, 1.82) is 0 Å². The van der Waals surface area contributed by atoms with Gasteiger partial charge in [-0.1, -0.05) is 74.5 Å². The van der Waals surface area contributed by atoms with Gasteiger partial charge in [-0.25, -0.2) is 14.8 Å². The van der Waals surface area contributed by atoms with Gasteiger partial charge in [-0.2, -0.15) is 0 Å². The molecule has 156 valence electrons. The van der Waals surface area contributed by atoms with Crippen LogP contribution in [-0.2, 0) is 10.5 Å². The molecule has 0 aliphatic carbocycles. The van der Waals surface area contributed by atoms with Gasteiger partial charge in [-0.05, 0) is 28.8 Å². The summed E-state index contributed by atoms with van der Waals surface area (Å²) in [5.74, 6) is 1.62. The first-order chi connectivity index (χ1) is 15.1. The van der Waals surface area contributed by atoms with Crippen LogP contribution in [-0.4, -0.2) is 23.0 Å². The zero-order chi connectivity index (χ0) is 21.8. The van der Waals surface area contributed by atoms with Gasteiger partial charge in [-0.15, -0.1) is 11.8 Å². The summed E-state index contributed by atoms with van der Waals surface area (Å²) in [6.07, 6.45) is 0. The lowest BCUT2D eigenvalue weighted by Crippen LogP contribution is -2.03. The molecule has 1 heterocycles. The van der Waals surface area contributed by atoms with Crippen LogP contribution in [0.25, 0.3) is 22.0 Å². The molecule has 1 aromatic heterocycles. The first-order valence-electron chi connectivity index (χ1n) is 10.2. The smallest absolute Gasteiger partial charge is 0.338 e. The van der Waals surface area contributed by atoms with Crippen molar-refractivity contribution in [3.63, 3.8) is 0 Å². The van der Waals surface area contributed by atoms with Gasteiger partial charge in [0, 0.05) is 17.1 Å². The number of para-hydroxylation sites is 1. The summed E-state index contributed by atoms with van der Waals surface area (Å²) < 4.78 is 4.92. The predicted octanol–water partition coefficient (Wildman–Crippen LogP) is 6.50. The maximum Gasteiger partial charge on any atom is 0.338 e. The molecular formula is C26H24N2O2S. The number of carbonyl (C=O) groups is 1. The molecule has 4 nitrogen and oxygen atoms in total. The first-order valence-corrected chi connectivity index (χ1v) is 11.2. The molecule has 0 atom stereocenters. The number of ether oxygens (including phenoxy) is 1. The Morgan fingerprint density at radius 2 is 1.65 bits per heavy atom. The van der Waals surface area contributed by atoms with Gasteiger partial charge in [0.2, 0.25) is 0 Å². The minimum absolute atomic E-state index is 0.276. The number of carbonyl (C=O) groups excluding carboxylic acids is 1. The second-order valence-corrected chi connectivity index (χ2v) is 8.55. The van der Waals surface area contributed by atoms with Crippen LogP contribution in [0.1, 0.15) is 41.5 Å². The molecule has 0 saturated heterocycles. The van der Waals surface area contributed by atoms with Crippen molar-refractivity contribution in [2.24, 2.45) is 0 Å². The molecule has 0 N–H and O–H groups in total. The monoisotopic (exact) mass is 428 g/mol. The average Bonchev–Trinajstić information content (AvgIpc) is 2.82. The number of hydrogen-bond acceptors (Lipinski definition) is 5. The Morgan fingerprint density at radius 1 is 0.935 bits per heavy atom.